The van der Waals surface area contributed by atoms with Gasteiger partial charge in [0.2, 0.25) is 0 Å². The lowest BCUT2D eigenvalue weighted by atomic mass is 10.3. The van der Waals surface area contributed by atoms with Crippen LogP contribution < -0.4 is 10.2 Å². The summed E-state index contributed by atoms with van der Waals surface area (Å²) in [6.45, 7) is 2.71. The first-order valence-corrected chi connectivity index (χ1v) is 7.35. The van der Waals surface area contributed by atoms with Gasteiger partial charge >= 0.3 is 0 Å². The van der Waals surface area contributed by atoms with Crippen LogP contribution in [-0.2, 0) is 11.3 Å². The first-order chi connectivity index (χ1) is 9.94. The van der Waals surface area contributed by atoms with Crippen LogP contribution in [0.2, 0.25) is 0 Å². The Morgan fingerprint density at radius 1 is 1.38 bits per heavy atom. The molecule has 0 saturated carbocycles. The van der Waals surface area contributed by atoms with Crippen molar-refractivity contribution in [1.29, 1.82) is 0 Å². The summed E-state index contributed by atoms with van der Waals surface area (Å²) in [4.78, 5) is 12.9. The standard InChI is InChI=1S/C15H16BrFN2O2/c1-10-3-5-12(21-10)8-19(2)9-15(20)18-14-6-4-11(16)7-13(14)17/h3-7H,8-9H2,1-2H3,(H,18,20)/p+1. The highest BCUT2D eigenvalue weighted by Crippen LogP contribution is 2.18. The number of carbonyl (C=O) groups excluding carboxylic acids is 1. The van der Waals surface area contributed by atoms with Gasteiger partial charge in [-0.25, -0.2) is 4.39 Å². The highest BCUT2D eigenvalue weighted by Gasteiger charge is 2.14. The van der Waals surface area contributed by atoms with E-state index in [9.17, 15) is 9.18 Å². The molecule has 2 N–H and O–H groups in total. The third-order valence-corrected chi connectivity index (χ3v) is 3.43. The van der Waals surface area contributed by atoms with Gasteiger partial charge in [0.1, 0.15) is 18.1 Å². The maximum Gasteiger partial charge on any atom is 0.279 e. The number of aryl methyl sites for hydroxylation is 1. The number of halogens is 2. The van der Waals surface area contributed by atoms with Gasteiger partial charge in [0.05, 0.1) is 12.7 Å². The highest BCUT2D eigenvalue weighted by atomic mass is 79.9. The van der Waals surface area contributed by atoms with Gasteiger partial charge in [-0.1, -0.05) is 15.9 Å². The molecule has 0 aliphatic rings. The molecule has 0 fully saturated rings. The Labute approximate surface area is 131 Å². The van der Waals surface area contributed by atoms with Crippen LogP contribution in [0.3, 0.4) is 0 Å². The van der Waals surface area contributed by atoms with E-state index in [1.54, 1.807) is 6.07 Å². The van der Waals surface area contributed by atoms with Crippen LogP contribution in [0.4, 0.5) is 10.1 Å². The van der Waals surface area contributed by atoms with E-state index in [1.807, 2.05) is 26.1 Å². The minimum Gasteiger partial charge on any atom is -0.460 e. The quantitative estimate of drug-likeness (QED) is 0.863. The predicted octanol–water partition coefficient (Wildman–Crippen LogP) is 2.14. The van der Waals surface area contributed by atoms with Crippen LogP contribution in [0.5, 0.6) is 0 Å². The number of hydrogen-bond acceptors (Lipinski definition) is 2. The van der Waals surface area contributed by atoms with Crippen molar-refractivity contribution in [2.24, 2.45) is 0 Å². The van der Waals surface area contributed by atoms with E-state index in [4.69, 9.17) is 4.42 Å². The van der Waals surface area contributed by atoms with E-state index < -0.39 is 5.82 Å². The Morgan fingerprint density at radius 3 is 2.76 bits per heavy atom. The highest BCUT2D eigenvalue weighted by molar-refractivity contribution is 9.10. The molecule has 112 valence electrons. The fourth-order valence-electron chi connectivity index (χ4n) is 2.00. The molecule has 0 aliphatic carbocycles. The minimum absolute atomic E-state index is 0.185. The van der Waals surface area contributed by atoms with Gasteiger partial charge in [-0.3, -0.25) is 4.79 Å². The van der Waals surface area contributed by atoms with Crippen molar-refractivity contribution in [3.05, 3.63) is 52.1 Å². The summed E-state index contributed by atoms with van der Waals surface area (Å²) in [5.41, 5.74) is 0.185. The third-order valence-electron chi connectivity index (χ3n) is 2.94. The zero-order chi connectivity index (χ0) is 15.4. The first kappa shape index (κ1) is 15.7. The molecule has 4 nitrogen and oxygen atoms in total. The fraction of sp³-hybridized carbons (Fsp3) is 0.267. The number of benzene rings is 1. The van der Waals surface area contributed by atoms with Crippen LogP contribution in [0.25, 0.3) is 0 Å². The molecular weight excluding hydrogens is 339 g/mol. The number of furan rings is 1. The summed E-state index contributed by atoms with van der Waals surface area (Å²) in [5.74, 6) is 0.973. The number of amides is 1. The van der Waals surface area contributed by atoms with Crippen molar-refractivity contribution in [3.63, 3.8) is 0 Å². The average molecular weight is 356 g/mol. The second-order valence-corrected chi connectivity index (χ2v) is 5.91. The van der Waals surface area contributed by atoms with Gasteiger partial charge in [0.15, 0.2) is 12.3 Å². The molecule has 0 aliphatic heterocycles. The molecule has 0 bridgehead atoms. The predicted molar refractivity (Wildman–Crippen MR) is 81.6 cm³/mol. The van der Waals surface area contributed by atoms with Gasteiger partial charge in [0, 0.05) is 4.47 Å². The van der Waals surface area contributed by atoms with Crippen molar-refractivity contribution < 1.29 is 18.5 Å². The van der Waals surface area contributed by atoms with Gasteiger partial charge in [0.25, 0.3) is 5.91 Å². The van der Waals surface area contributed by atoms with Crippen LogP contribution >= 0.6 is 15.9 Å². The normalized spacial score (nSPS) is 12.2. The Morgan fingerprint density at radius 2 is 2.14 bits per heavy atom. The second kappa shape index (κ2) is 6.87. The van der Waals surface area contributed by atoms with E-state index in [0.29, 0.717) is 11.0 Å². The van der Waals surface area contributed by atoms with Crippen LogP contribution in [0.15, 0.2) is 39.2 Å². The van der Waals surface area contributed by atoms with E-state index in [-0.39, 0.29) is 18.1 Å². The lowest BCUT2D eigenvalue weighted by molar-refractivity contribution is -0.886. The van der Waals surface area contributed by atoms with Crippen molar-refractivity contribution in [2.75, 3.05) is 18.9 Å². The largest absolute Gasteiger partial charge is 0.460 e. The molecule has 1 unspecified atom stereocenters. The third kappa shape index (κ3) is 4.68. The molecule has 1 amide bonds. The lowest BCUT2D eigenvalue weighted by Gasteiger charge is -2.13. The van der Waals surface area contributed by atoms with Crippen molar-refractivity contribution in [2.45, 2.75) is 13.5 Å². The number of anilines is 1. The van der Waals surface area contributed by atoms with Gasteiger partial charge in [-0.05, 0) is 37.3 Å². The smallest absolute Gasteiger partial charge is 0.279 e. The summed E-state index contributed by atoms with van der Waals surface area (Å²) in [7, 11) is 1.88. The van der Waals surface area contributed by atoms with E-state index >= 15 is 0 Å². The van der Waals surface area contributed by atoms with Crippen LogP contribution in [0.1, 0.15) is 11.5 Å². The van der Waals surface area contributed by atoms with Crippen molar-refractivity contribution in [1.82, 2.24) is 0 Å². The maximum atomic E-state index is 13.6. The van der Waals surface area contributed by atoms with E-state index in [2.05, 4.69) is 21.2 Å². The van der Waals surface area contributed by atoms with Crippen molar-refractivity contribution in [3.8, 4) is 0 Å². The Hall–Kier alpha value is -1.66. The summed E-state index contributed by atoms with van der Waals surface area (Å²) in [6.07, 6.45) is 0. The summed E-state index contributed by atoms with van der Waals surface area (Å²) < 4.78 is 19.7. The van der Waals surface area contributed by atoms with E-state index in [1.165, 1.54) is 12.1 Å². The monoisotopic (exact) mass is 355 g/mol. The average Bonchev–Trinajstić information content (AvgIpc) is 2.78. The second-order valence-electron chi connectivity index (χ2n) is 5.00. The first-order valence-electron chi connectivity index (χ1n) is 6.55. The molecule has 1 aromatic carbocycles. The maximum absolute atomic E-state index is 13.6. The number of nitrogens with one attached hydrogen (secondary N) is 2. The van der Waals surface area contributed by atoms with Gasteiger partial charge in [-0.2, -0.15) is 0 Å². The summed E-state index contributed by atoms with van der Waals surface area (Å²) >= 11 is 3.17. The SMILES string of the molecule is Cc1ccc(C[NH+](C)CC(=O)Nc2ccc(Br)cc2F)o1. The molecule has 1 aromatic heterocycles. The molecule has 6 heteroatoms. The summed E-state index contributed by atoms with van der Waals surface area (Å²) in [5, 5.41) is 2.57. The Kier molecular flexibility index (Phi) is 5.14. The minimum atomic E-state index is -0.461. The number of likely N-dealkylation sites (N-methyl/N-ethyl adjacent to an activating group) is 1. The van der Waals surface area contributed by atoms with Crippen LogP contribution in [0, 0.1) is 12.7 Å². The Bertz CT molecular complexity index is 642. The molecule has 0 saturated heterocycles. The Balaban J connectivity index is 1.89. The van der Waals surface area contributed by atoms with Crippen LogP contribution in [-0.4, -0.2) is 19.5 Å². The zero-order valence-corrected chi connectivity index (χ0v) is 13.5. The number of quaternary nitrogens is 1. The zero-order valence-electron chi connectivity index (χ0n) is 11.9. The number of rotatable bonds is 5. The summed E-state index contributed by atoms with van der Waals surface area (Å²) in [6, 6.07) is 8.31. The molecular formula is C15H17BrFN2O2+. The number of carbonyl (C=O) groups is 1. The lowest BCUT2D eigenvalue weighted by Crippen LogP contribution is -3.08. The van der Waals surface area contributed by atoms with Gasteiger partial charge < -0.3 is 14.6 Å². The van der Waals surface area contributed by atoms with Crippen molar-refractivity contribution >= 4 is 27.5 Å². The topological polar surface area (TPSA) is 46.7 Å². The molecule has 2 aromatic rings. The molecule has 2 rings (SSSR count). The number of hydrogen-bond donors (Lipinski definition) is 2. The molecule has 0 radical (unpaired) electrons. The molecule has 21 heavy (non-hydrogen) atoms. The molecule has 1 atom stereocenters. The van der Waals surface area contributed by atoms with Gasteiger partial charge in [-0.15, -0.1) is 0 Å². The van der Waals surface area contributed by atoms with E-state index in [0.717, 1.165) is 16.4 Å². The molecule has 1 heterocycles. The molecule has 0 spiro atoms. The fourth-order valence-corrected chi connectivity index (χ4v) is 2.33.